The van der Waals surface area contributed by atoms with Gasteiger partial charge in [-0.1, -0.05) is 36.4 Å². The third-order valence-corrected chi connectivity index (χ3v) is 5.93. The summed E-state index contributed by atoms with van der Waals surface area (Å²) < 4.78 is 11.2. The van der Waals surface area contributed by atoms with Gasteiger partial charge in [-0.15, -0.1) is 11.3 Å². The predicted octanol–water partition coefficient (Wildman–Crippen LogP) is 2.67. The van der Waals surface area contributed by atoms with Crippen LogP contribution in [0.15, 0.2) is 52.8 Å². The second-order valence-electron chi connectivity index (χ2n) is 6.65. The van der Waals surface area contributed by atoms with Crippen LogP contribution in [0.5, 0.6) is 0 Å². The molecule has 1 aliphatic rings. The Bertz CT molecular complexity index is 702. The normalized spacial score (nSPS) is 17.9. The predicted molar refractivity (Wildman–Crippen MR) is 115 cm³/mol. The van der Waals surface area contributed by atoms with E-state index in [2.05, 4.69) is 50.2 Å². The molecule has 0 amide bonds. The van der Waals surface area contributed by atoms with Gasteiger partial charge >= 0.3 is 0 Å². The molecule has 0 bridgehead atoms. The lowest BCUT2D eigenvalue weighted by Gasteiger charge is -2.34. The summed E-state index contributed by atoms with van der Waals surface area (Å²) in [6.45, 7) is 4.94. The van der Waals surface area contributed by atoms with Crippen molar-refractivity contribution in [3.63, 3.8) is 0 Å². The van der Waals surface area contributed by atoms with Crippen LogP contribution in [0.25, 0.3) is 0 Å². The highest BCUT2D eigenvalue weighted by molar-refractivity contribution is 7.10. The molecule has 6 nitrogen and oxygen atoms in total. The molecule has 0 aliphatic carbocycles. The van der Waals surface area contributed by atoms with Crippen molar-refractivity contribution in [1.82, 2.24) is 15.5 Å². The van der Waals surface area contributed by atoms with Crippen LogP contribution in [0.1, 0.15) is 22.6 Å². The molecule has 2 atom stereocenters. The van der Waals surface area contributed by atoms with Crippen molar-refractivity contribution < 1.29 is 9.47 Å². The Morgan fingerprint density at radius 2 is 1.89 bits per heavy atom. The number of methoxy groups -OCH3 is 1. The first-order chi connectivity index (χ1) is 13.8. The monoisotopic (exact) mass is 402 g/mol. The average Bonchev–Trinajstić information content (AvgIpc) is 3.29. The number of morpholine rings is 1. The minimum absolute atomic E-state index is 0.0212. The first-order valence-electron chi connectivity index (χ1n) is 9.69. The Morgan fingerprint density at radius 3 is 2.54 bits per heavy atom. The van der Waals surface area contributed by atoms with Crippen molar-refractivity contribution in [2.75, 3.05) is 53.6 Å². The molecule has 1 aromatic heterocycles. The summed E-state index contributed by atoms with van der Waals surface area (Å²) >= 11 is 1.80. The van der Waals surface area contributed by atoms with Gasteiger partial charge in [0.15, 0.2) is 5.96 Å². The van der Waals surface area contributed by atoms with Gasteiger partial charge in [0, 0.05) is 45.2 Å². The highest BCUT2D eigenvalue weighted by Gasteiger charge is 2.23. The molecule has 1 fully saturated rings. The van der Waals surface area contributed by atoms with E-state index in [0.29, 0.717) is 12.6 Å². The number of nitrogens with zero attached hydrogens (tertiary/aromatic N) is 2. The number of hydrogen-bond donors (Lipinski definition) is 2. The van der Waals surface area contributed by atoms with Crippen LogP contribution in [0.3, 0.4) is 0 Å². The Hall–Kier alpha value is -1.93. The summed E-state index contributed by atoms with van der Waals surface area (Å²) in [5.41, 5.74) is 1.15. The fourth-order valence-electron chi connectivity index (χ4n) is 3.39. The number of nitrogens with one attached hydrogen (secondary N) is 2. The number of thiophene rings is 1. The van der Waals surface area contributed by atoms with Gasteiger partial charge in [-0.2, -0.15) is 0 Å². The summed E-state index contributed by atoms with van der Waals surface area (Å²) in [5.74, 6) is 0.785. The van der Waals surface area contributed by atoms with Crippen molar-refractivity contribution >= 4 is 17.3 Å². The van der Waals surface area contributed by atoms with Crippen LogP contribution >= 0.6 is 11.3 Å². The number of benzene rings is 1. The van der Waals surface area contributed by atoms with E-state index >= 15 is 0 Å². The van der Waals surface area contributed by atoms with E-state index in [9.17, 15) is 0 Å². The molecule has 2 unspecified atom stereocenters. The molecular weight excluding hydrogens is 372 g/mol. The molecule has 1 saturated heterocycles. The molecule has 152 valence electrons. The van der Waals surface area contributed by atoms with Crippen molar-refractivity contribution in [3.8, 4) is 0 Å². The summed E-state index contributed by atoms with van der Waals surface area (Å²) in [7, 11) is 3.54. The lowest BCUT2D eigenvalue weighted by molar-refractivity contribution is 0.0177. The van der Waals surface area contributed by atoms with E-state index < -0.39 is 0 Å². The van der Waals surface area contributed by atoms with Gasteiger partial charge < -0.3 is 20.1 Å². The molecule has 0 saturated carbocycles. The quantitative estimate of drug-likeness (QED) is 0.525. The third kappa shape index (κ3) is 5.78. The average molecular weight is 403 g/mol. The summed E-state index contributed by atoms with van der Waals surface area (Å²) in [4.78, 5) is 8.23. The molecule has 0 spiro atoms. The summed E-state index contributed by atoms with van der Waals surface area (Å²) in [6.07, 6.45) is -0.0212. The van der Waals surface area contributed by atoms with Gasteiger partial charge in [-0.3, -0.25) is 9.89 Å². The van der Waals surface area contributed by atoms with Crippen molar-refractivity contribution in [3.05, 3.63) is 58.3 Å². The second-order valence-corrected chi connectivity index (χ2v) is 7.63. The van der Waals surface area contributed by atoms with E-state index in [1.165, 1.54) is 4.88 Å². The standard InChI is InChI=1S/C21H30N4O2S/c1-22-21(24-16-19(26-2)17-7-4-3-5-8-17)23-15-18(20-9-6-14-28-20)25-10-12-27-13-11-25/h3-9,14,18-19H,10-13,15-16H2,1-2H3,(H2,22,23,24). The Kier molecular flexibility index (Phi) is 8.29. The maximum absolute atomic E-state index is 5.65. The molecule has 2 N–H and O–H groups in total. The maximum atomic E-state index is 5.65. The summed E-state index contributed by atoms with van der Waals surface area (Å²) in [5, 5.41) is 9.03. The minimum atomic E-state index is -0.0212. The molecule has 28 heavy (non-hydrogen) atoms. The topological polar surface area (TPSA) is 58.1 Å². The summed E-state index contributed by atoms with van der Waals surface area (Å²) in [6, 6.07) is 14.9. The van der Waals surface area contributed by atoms with Crippen LogP contribution < -0.4 is 10.6 Å². The lowest BCUT2D eigenvalue weighted by atomic mass is 10.1. The van der Waals surface area contributed by atoms with Crippen LogP contribution in [0.2, 0.25) is 0 Å². The first-order valence-corrected chi connectivity index (χ1v) is 10.6. The molecule has 2 aromatic rings. The van der Waals surface area contributed by atoms with Crippen molar-refractivity contribution in [2.24, 2.45) is 4.99 Å². The Labute approximate surface area is 171 Å². The minimum Gasteiger partial charge on any atom is -0.379 e. The van der Waals surface area contributed by atoms with Gasteiger partial charge in [0.25, 0.3) is 0 Å². The zero-order chi connectivity index (χ0) is 19.6. The fourth-order valence-corrected chi connectivity index (χ4v) is 4.25. The van der Waals surface area contributed by atoms with E-state index in [1.54, 1.807) is 25.5 Å². The third-order valence-electron chi connectivity index (χ3n) is 4.96. The van der Waals surface area contributed by atoms with E-state index in [0.717, 1.165) is 44.4 Å². The van der Waals surface area contributed by atoms with Gasteiger partial charge in [-0.05, 0) is 17.0 Å². The van der Waals surface area contributed by atoms with Gasteiger partial charge in [0.1, 0.15) is 0 Å². The SMILES string of the molecule is CN=C(NCC(OC)c1ccccc1)NCC(c1cccs1)N1CCOCC1. The van der Waals surface area contributed by atoms with E-state index in [-0.39, 0.29) is 6.10 Å². The molecule has 2 heterocycles. The van der Waals surface area contributed by atoms with Crippen LogP contribution in [0.4, 0.5) is 0 Å². The number of rotatable bonds is 8. The highest BCUT2D eigenvalue weighted by atomic mass is 32.1. The zero-order valence-corrected chi connectivity index (χ0v) is 17.5. The smallest absolute Gasteiger partial charge is 0.191 e. The largest absolute Gasteiger partial charge is 0.379 e. The molecule has 0 radical (unpaired) electrons. The van der Waals surface area contributed by atoms with E-state index in [1.807, 2.05) is 18.2 Å². The molecule has 1 aliphatic heterocycles. The molecular formula is C21H30N4O2S. The first kappa shape index (κ1) is 20.8. The van der Waals surface area contributed by atoms with Crippen LogP contribution in [-0.2, 0) is 9.47 Å². The van der Waals surface area contributed by atoms with Crippen molar-refractivity contribution in [2.45, 2.75) is 12.1 Å². The molecule has 3 rings (SSSR count). The molecule has 1 aromatic carbocycles. The molecule has 7 heteroatoms. The number of ether oxygens (including phenoxy) is 2. The van der Waals surface area contributed by atoms with E-state index in [4.69, 9.17) is 9.47 Å². The Morgan fingerprint density at radius 1 is 1.14 bits per heavy atom. The number of guanidine groups is 1. The zero-order valence-electron chi connectivity index (χ0n) is 16.6. The van der Waals surface area contributed by atoms with Crippen LogP contribution in [0, 0.1) is 0 Å². The fraction of sp³-hybridized carbons (Fsp3) is 0.476. The number of aliphatic imine (C=N–C) groups is 1. The van der Waals surface area contributed by atoms with Gasteiger partial charge in [0.05, 0.1) is 25.4 Å². The lowest BCUT2D eigenvalue weighted by Crippen LogP contribution is -2.46. The Balaban J connectivity index is 1.57. The van der Waals surface area contributed by atoms with Crippen LogP contribution in [-0.4, -0.2) is 64.4 Å². The van der Waals surface area contributed by atoms with Gasteiger partial charge in [0.2, 0.25) is 0 Å². The van der Waals surface area contributed by atoms with Gasteiger partial charge in [-0.25, -0.2) is 0 Å². The highest BCUT2D eigenvalue weighted by Crippen LogP contribution is 2.25. The second kappa shape index (κ2) is 11.2. The maximum Gasteiger partial charge on any atom is 0.191 e. The number of hydrogen-bond acceptors (Lipinski definition) is 5. The van der Waals surface area contributed by atoms with Crippen molar-refractivity contribution in [1.29, 1.82) is 0 Å².